The van der Waals surface area contributed by atoms with Gasteiger partial charge in [-0.05, 0) is 51.7 Å². The lowest BCUT2D eigenvalue weighted by atomic mass is 9.92. The maximum atomic E-state index is 11.9. The van der Waals surface area contributed by atoms with Crippen LogP contribution in [-0.2, 0) is 16.1 Å². The van der Waals surface area contributed by atoms with Gasteiger partial charge in [0.05, 0.1) is 9.83 Å². The predicted octanol–water partition coefficient (Wildman–Crippen LogP) is 1.88. The molecule has 2 heterocycles. The van der Waals surface area contributed by atoms with Crippen LogP contribution in [0.5, 0.6) is 0 Å². The summed E-state index contributed by atoms with van der Waals surface area (Å²) in [6, 6.07) is 1.58. The molecule has 6 heteroatoms. The Balaban J connectivity index is 1.79. The van der Waals surface area contributed by atoms with Crippen molar-refractivity contribution < 1.29 is 9.53 Å². The molecular weight excluding hydrogens is 316 g/mol. The van der Waals surface area contributed by atoms with Gasteiger partial charge in [0.2, 0.25) is 5.91 Å². The number of carbonyl (C=O) groups excluding carboxylic acids is 1. The fraction of sp³-hybridized carbons (Fsp3) is 0.583. The van der Waals surface area contributed by atoms with Crippen LogP contribution < -0.4 is 11.1 Å². The van der Waals surface area contributed by atoms with Crippen molar-refractivity contribution in [2.45, 2.75) is 25.4 Å². The number of thiophene rings is 1. The van der Waals surface area contributed by atoms with Crippen LogP contribution in [0.2, 0.25) is 0 Å². The van der Waals surface area contributed by atoms with Gasteiger partial charge in [-0.2, -0.15) is 0 Å². The SMILES string of the molecule is NC(C(=O)NCc1csc(Br)c1)C1CCOCC1. The third-order valence-electron chi connectivity index (χ3n) is 3.17. The number of nitrogens with one attached hydrogen (secondary N) is 1. The summed E-state index contributed by atoms with van der Waals surface area (Å²) >= 11 is 5.01. The van der Waals surface area contributed by atoms with Gasteiger partial charge in [0.15, 0.2) is 0 Å². The van der Waals surface area contributed by atoms with Gasteiger partial charge in [-0.3, -0.25) is 4.79 Å². The average Bonchev–Trinajstić information content (AvgIpc) is 2.82. The van der Waals surface area contributed by atoms with Crippen LogP contribution in [0.1, 0.15) is 18.4 Å². The van der Waals surface area contributed by atoms with Crippen LogP contribution in [-0.4, -0.2) is 25.2 Å². The quantitative estimate of drug-likeness (QED) is 0.884. The molecule has 1 unspecified atom stereocenters. The van der Waals surface area contributed by atoms with E-state index in [-0.39, 0.29) is 11.8 Å². The van der Waals surface area contributed by atoms with Gasteiger partial charge >= 0.3 is 0 Å². The summed E-state index contributed by atoms with van der Waals surface area (Å²) < 4.78 is 6.34. The first-order valence-corrected chi connectivity index (χ1v) is 7.68. The third kappa shape index (κ3) is 3.78. The molecule has 1 amide bonds. The van der Waals surface area contributed by atoms with Crippen LogP contribution in [0.25, 0.3) is 0 Å². The molecule has 1 saturated heterocycles. The number of rotatable bonds is 4. The lowest BCUT2D eigenvalue weighted by Gasteiger charge is -2.26. The minimum Gasteiger partial charge on any atom is -0.381 e. The summed E-state index contributed by atoms with van der Waals surface area (Å²) in [5.74, 6) is 0.178. The molecule has 3 N–H and O–H groups in total. The van der Waals surface area contributed by atoms with Gasteiger partial charge in [-0.1, -0.05) is 0 Å². The molecule has 0 aliphatic carbocycles. The van der Waals surface area contributed by atoms with E-state index >= 15 is 0 Å². The van der Waals surface area contributed by atoms with E-state index < -0.39 is 6.04 Å². The highest BCUT2D eigenvalue weighted by Crippen LogP contribution is 2.21. The van der Waals surface area contributed by atoms with E-state index in [4.69, 9.17) is 10.5 Å². The van der Waals surface area contributed by atoms with Crippen molar-refractivity contribution in [3.63, 3.8) is 0 Å². The van der Waals surface area contributed by atoms with Gasteiger partial charge in [-0.15, -0.1) is 11.3 Å². The van der Waals surface area contributed by atoms with Crippen molar-refractivity contribution in [2.24, 2.45) is 11.7 Å². The maximum Gasteiger partial charge on any atom is 0.237 e. The molecule has 100 valence electrons. The van der Waals surface area contributed by atoms with E-state index in [1.165, 1.54) is 0 Å². The molecule has 1 aromatic heterocycles. The Morgan fingerprint density at radius 1 is 1.61 bits per heavy atom. The molecule has 0 spiro atoms. The second-order valence-corrected chi connectivity index (χ2v) is 6.74. The Labute approximate surface area is 119 Å². The highest BCUT2D eigenvalue weighted by molar-refractivity contribution is 9.11. The molecule has 0 bridgehead atoms. The second kappa shape index (κ2) is 6.65. The Hall–Kier alpha value is -0.430. The molecule has 1 fully saturated rings. The minimum atomic E-state index is -0.420. The number of hydrogen-bond acceptors (Lipinski definition) is 4. The first-order chi connectivity index (χ1) is 8.66. The first kappa shape index (κ1) is 14.0. The van der Waals surface area contributed by atoms with Gasteiger partial charge in [0.25, 0.3) is 0 Å². The predicted molar refractivity (Wildman–Crippen MR) is 75.4 cm³/mol. The number of carbonyl (C=O) groups is 1. The molecule has 0 aromatic carbocycles. The minimum absolute atomic E-state index is 0.0655. The van der Waals surface area contributed by atoms with Gasteiger partial charge in [-0.25, -0.2) is 0 Å². The monoisotopic (exact) mass is 332 g/mol. The molecule has 1 aliphatic heterocycles. The Kier molecular flexibility index (Phi) is 5.17. The van der Waals surface area contributed by atoms with Crippen molar-refractivity contribution in [2.75, 3.05) is 13.2 Å². The summed E-state index contributed by atoms with van der Waals surface area (Å²) in [6.45, 7) is 1.96. The summed E-state index contributed by atoms with van der Waals surface area (Å²) in [5.41, 5.74) is 7.08. The van der Waals surface area contributed by atoms with E-state index in [1.54, 1.807) is 11.3 Å². The van der Waals surface area contributed by atoms with E-state index in [1.807, 2.05) is 11.4 Å². The molecule has 1 aromatic rings. The van der Waals surface area contributed by atoms with Gasteiger partial charge in [0.1, 0.15) is 0 Å². The summed E-state index contributed by atoms with van der Waals surface area (Å²) in [4.78, 5) is 11.9. The van der Waals surface area contributed by atoms with Crippen molar-refractivity contribution in [3.05, 3.63) is 20.8 Å². The molecule has 0 radical (unpaired) electrons. The second-order valence-electron chi connectivity index (χ2n) is 4.45. The average molecular weight is 333 g/mol. The Morgan fingerprint density at radius 3 is 2.94 bits per heavy atom. The molecule has 4 nitrogen and oxygen atoms in total. The van der Waals surface area contributed by atoms with Crippen LogP contribution in [0.15, 0.2) is 15.2 Å². The highest BCUT2D eigenvalue weighted by atomic mass is 79.9. The maximum absolute atomic E-state index is 11.9. The standard InChI is InChI=1S/C12H17BrN2O2S/c13-10-5-8(7-18-10)6-15-12(16)11(14)9-1-3-17-4-2-9/h5,7,9,11H,1-4,6,14H2,(H,15,16). The fourth-order valence-electron chi connectivity index (χ4n) is 2.03. The topological polar surface area (TPSA) is 64.4 Å². The summed E-state index contributed by atoms with van der Waals surface area (Å²) in [6.07, 6.45) is 1.75. The zero-order valence-corrected chi connectivity index (χ0v) is 12.4. The molecule has 1 atom stereocenters. The van der Waals surface area contributed by atoms with E-state index in [2.05, 4.69) is 21.2 Å². The Morgan fingerprint density at radius 2 is 2.33 bits per heavy atom. The smallest absolute Gasteiger partial charge is 0.237 e. The van der Waals surface area contributed by atoms with E-state index in [0.29, 0.717) is 19.8 Å². The number of hydrogen-bond donors (Lipinski definition) is 2. The number of nitrogens with two attached hydrogens (primary N) is 1. The third-order valence-corrected chi connectivity index (χ3v) is 4.72. The highest BCUT2D eigenvalue weighted by Gasteiger charge is 2.26. The Bertz CT molecular complexity index is 405. The zero-order valence-electron chi connectivity index (χ0n) is 10.0. The largest absolute Gasteiger partial charge is 0.381 e. The lowest BCUT2D eigenvalue weighted by Crippen LogP contribution is -2.46. The normalized spacial score (nSPS) is 18.6. The number of ether oxygens (including phenoxy) is 1. The van der Waals surface area contributed by atoms with Gasteiger partial charge < -0.3 is 15.8 Å². The van der Waals surface area contributed by atoms with Crippen LogP contribution in [0.4, 0.5) is 0 Å². The van der Waals surface area contributed by atoms with E-state index in [0.717, 1.165) is 22.2 Å². The summed E-state index contributed by atoms with van der Waals surface area (Å²) in [5, 5.41) is 4.91. The zero-order chi connectivity index (χ0) is 13.0. The lowest BCUT2D eigenvalue weighted by molar-refractivity contribution is -0.124. The van der Waals surface area contributed by atoms with Crippen molar-refractivity contribution in [3.8, 4) is 0 Å². The number of amides is 1. The van der Waals surface area contributed by atoms with Gasteiger partial charge in [0, 0.05) is 19.8 Å². The van der Waals surface area contributed by atoms with E-state index in [9.17, 15) is 4.79 Å². The fourth-order valence-corrected chi connectivity index (χ4v) is 3.24. The first-order valence-electron chi connectivity index (χ1n) is 6.01. The van der Waals surface area contributed by atoms with Crippen LogP contribution in [0, 0.1) is 5.92 Å². The van der Waals surface area contributed by atoms with Crippen LogP contribution in [0.3, 0.4) is 0 Å². The van der Waals surface area contributed by atoms with Crippen molar-refractivity contribution in [1.29, 1.82) is 0 Å². The van der Waals surface area contributed by atoms with Crippen LogP contribution >= 0.6 is 27.3 Å². The molecule has 0 saturated carbocycles. The number of halogens is 1. The van der Waals surface area contributed by atoms with Crippen molar-refractivity contribution >= 4 is 33.2 Å². The molecule has 2 rings (SSSR count). The summed E-state index contributed by atoms with van der Waals surface area (Å²) in [7, 11) is 0. The van der Waals surface area contributed by atoms with Crippen molar-refractivity contribution in [1.82, 2.24) is 5.32 Å². The molecular formula is C12H17BrN2O2S. The molecule has 18 heavy (non-hydrogen) atoms. The molecule has 1 aliphatic rings.